The molecule has 0 saturated carbocycles. The zero-order chi connectivity index (χ0) is 11.7. The second-order valence-electron chi connectivity index (χ2n) is 3.90. The number of carboxylic acid groups (broad SMARTS) is 1. The number of unbranched alkanes of at least 4 members (excludes halogenated alkanes) is 4. The Labute approximate surface area is 92.6 Å². The van der Waals surface area contributed by atoms with Crippen molar-refractivity contribution in [3.63, 3.8) is 0 Å². The normalized spacial score (nSPS) is 12.2. The molecule has 2 N–H and O–H groups in total. The van der Waals surface area contributed by atoms with E-state index in [2.05, 4.69) is 12.2 Å². The Kier molecular flexibility index (Phi) is 7.78. The van der Waals surface area contributed by atoms with Crippen molar-refractivity contribution in [3.8, 4) is 0 Å². The summed E-state index contributed by atoms with van der Waals surface area (Å²) in [6, 6.07) is 0. The van der Waals surface area contributed by atoms with Crippen LogP contribution < -0.4 is 5.32 Å². The highest BCUT2D eigenvalue weighted by atomic mass is 16.4. The van der Waals surface area contributed by atoms with Gasteiger partial charge in [-0.05, 0) is 20.3 Å². The highest BCUT2D eigenvalue weighted by molar-refractivity contribution is 5.86. The molecule has 15 heavy (non-hydrogen) atoms. The Morgan fingerprint density at radius 3 is 2.27 bits per heavy atom. The molecule has 0 spiro atoms. The minimum absolute atomic E-state index is 0.406. The number of hydrogen-bond donors (Lipinski definition) is 2. The molecular weight excluding hydrogens is 190 g/mol. The maximum atomic E-state index is 10.6. The SMILES string of the molecule is CCCCCCCN/C(C)=C(\C)C(=O)O. The van der Waals surface area contributed by atoms with Crippen LogP contribution in [0.3, 0.4) is 0 Å². The molecule has 88 valence electrons. The van der Waals surface area contributed by atoms with Gasteiger partial charge in [0.1, 0.15) is 0 Å². The van der Waals surface area contributed by atoms with Gasteiger partial charge in [-0.25, -0.2) is 4.79 Å². The lowest BCUT2D eigenvalue weighted by Gasteiger charge is -2.08. The van der Waals surface area contributed by atoms with Crippen LogP contribution in [0, 0.1) is 0 Å². The molecule has 3 nitrogen and oxygen atoms in total. The summed E-state index contributed by atoms with van der Waals surface area (Å²) >= 11 is 0. The van der Waals surface area contributed by atoms with E-state index in [1.165, 1.54) is 25.7 Å². The first-order valence-corrected chi connectivity index (χ1v) is 5.74. The van der Waals surface area contributed by atoms with Crippen LogP contribution in [0.4, 0.5) is 0 Å². The second kappa shape index (κ2) is 8.33. The van der Waals surface area contributed by atoms with Gasteiger partial charge in [0.15, 0.2) is 0 Å². The first-order chi connectivity index (χ1) is 7.09. The van der Waals surface area contributed by atoms with Gasteiger partial charge in [-0.15, -0.1) is 0 Å². The lowest BCUT2D eigenvalue weighted by molar-refractivity contribution is -0.132. The summed E-state index contributed by atoms with van der Waals surface area (Å²) in [6.45, 7) is 6.51. The van der Waals surface area contributed by atoms with Crippen molar-refractivity contribution in [1.82, 2.24) is 5.32 Å². The average molecular weight is 213 g/mol. The fraction of sp³-hybridized carbons (Fsp3) is 0.750. The van der Waals surface area contributed by atoms with E-state index in [0.717, 1.165) is 18.7 Å². The number of carbonyl (C=O) groups is 1. The summed E-state index contributed by atoms with van der Waals surface area (Å²) in [4.78, 5) is 10.6. The van der Waals surface area contributed by atoms with Crippen molar-refractivity contribution >= 4 is 5.97 Å². The van der Waals surface area contributed by atoms with Gasteiger partial charge in [-0.2, -0.15) is 0 Å². The van der Waals surface area contributed by atoms with Crippen molar-refractivity contribution in [2.75, 3.05) is 6.54 Å². The molecule has 0 heterocycles. The monoisotopic (exact) mass is 213 g/mol. The Hall–Kier alpha value is -0.990. The number of hydrogen-bond acceptors (Lipinski definition) is 2. The van der Waals surface area contributed by atoms with Crippen LogP contribution in [0.15, 0.2) is 11.3 Å². The lowest BCUT2D eigenvalue weighted by Crippen LogP contribution is -2.16. The van der Waals surface area contributed by atoms with Gasteiger partial charge >= 0.3 is 5.97 Å². The van der Waals surface area contributed by atoms with Gasteiger partial charge in [-0.3, -0.25) is 0 Å². The van der Waals surface area contributed by atoms with Crippen LogP contribution in [-0.2, 0) is 4.79 Å². The Morgan fingerprint density at radius 1 is 1.13 bits per heavy atom. The highest BCUT2D eigenvalue weighted by Gasteiger charge is 2.03. The van der Waals surface area contributed by atoms with Crippen molar-refractivity contribution in [2.24, 2.45) is 0 Å². The molecule has 0 saturated heterocycles. The minimum atomic E-state index is -0.842. The van der Waals surface area contributed by atoms with Gasteiger partial charge < -0.3 is 10.4 Å². The Morgan fingerprint density at radius 2 is 1.73 bits per heavy atom. The molecular formula is C12H23NO2. The number of rotatable bonds is 8. The van der Waals surface area contributed by atoms with E-state index < -0.39 is 5.97 Å². The fourth-order valence-corrected chi connectivity index (χ4v) is 1.30. The summed E-state index contributed by atoms with van der Waals surface area (Å²) < 4.78 is 0. The number of aliphatic carboxylic acids is 1. The quantitative estimate of drug-likeness (QED) is 0.481. The first kappa shape index (κ1) is 14.0. The van der Waals surface area contributed by atoms with Crippen LogP contribution in [-0.4, -0.2) is 17.6 Å². The predicted octanol–water partition coefficient (Wildman–Crippen LogP) is 2.92. The Balaban J connectivity index is 3.59. The smallest absolute Gasteiger partial charge is 0.333 e. The topological polar surface area (TPSA) is 49.3 Å². The average Bonchev–Trinajstić information content (AvgIpc) is 2.21. The number of allylic oxidation sites excluding steroid dienone is 1. The van der Waals surface area contributed by atoms with Gasteiger partial charge in [0.2, 0.25) is 0 Å². The molecule has 0 aromatic carbocycles. The van der Waals surface area contributed by atoms with E-state index in [1.807, 2.05) is 6.92 Å². The highest BCUT2D eigenvalue weighted by Crippen LogP contribution is 2.03. The third-order valence-electron chi connectivity index (χ3n) is 2.55. The molecule has 0 rings (SSSR count). The fourth-order valence-electron chi connectivity index (χ4n) is 1.30. The second-order valence-corrected chi connectivity index (χ2v) is 3.90. The summed E-state index contributed by atoms with van der Waals surface area (Å²) in [5.41, 5.74) is 1.18. The van der Waals surface area contributed by atoms with E-state index in [9.17, 15) is 4.79 Å². The third kappa shape index (κ3) is 7.00. The summed E-state index contributed by atoms with van der Waals surface area (Å²) in [7, 11) is 0. The number of carboxylic acids is 1. The van der Waals surface area contributed by atoms with Crippen LogP contribution >= 0.6 is 0 Å². The van der Waals surface area contributed by atoms with E-state index in [-0.39, 0.29) is 0 Å². The molecule has 0 aliphatic carbocycles. The predicted molar refractivity (Wildman–Crippen MR) is 62.8 cm³/mol. The van der Waals surface area contributed by atoms with Crippen LogP contribution in [0.2, 0.25) is 0 Å². The van der Waals surface area contributed by atoms with Crippen molar-refractivity contribution in [2.45, 2.75) is 52.9 Å². The van der Waals surface area contributed by atoms with Crippen LogP contribution in [0.5, 0.6) is 0 Å². The van der Waals surface area contributed by atoms with E-state index >= 15 is 0 Å². The van der Waals surface area contributed by atoms with E-state index in [1.54, 1.807) is 6.92 Å². The molecule has 0 atom stereocenters. The summed E-state index contributed by atoms with van der Waals surface area (Å²) in [5, 5.41) is 11.9. The molecule has 0 aromatic heterocycles. The largest absolute Gasteiger partial charge is 0.478 e. The van der Waals surface area contributed by atoms with E-state index in [0.29, 0.717) is 5.57 Å². The molecule has 0 amide bonds. The molecule has 0 aliphatic heterocycles. The maximum Gasteiger partial charge on any atom is 0.333 e. The molecule has 0 aromatic rings. The van der Waals surface area contributed by atoms with Crippen molar-refractivity contribution in [3.05, 3.63) is 11.3 Å². The van der Waals surface area contributed by atoms with Crippen LogP contribution in [0.25, 0.3) is 0 Å². The molecule has 0 aliphatic rings. The van der Waals surface area contributed by atoms with Gasteiger partial charge in [0.25, 0.3) is 0 Å². The lowest BCUT2D eigenvalue weighted by atomic mass is 10.1. The van der Waals surface area contributed by atoms with E-state index in [4.69, 9.17) is 5.11 Å². The summed E-state index contributed by atoms with van der Waals surface area (Å²) in [6.07, 6.45) is 6.16. The van der Waals surface area contributed by atoms with Gasteiger partial charge in [0.05, 0.1) is 5.57 Å². The molecule has 0 bridgehead atoms. The van der Waals surface area contributed by atoms with Gasteiger partial charge in [-0.1, -0.05) is 32.6 Å². The Bertz CT molecular complexity index is 222. The molecule has 3 heteroatoms. The van der Waals surface area contributed by atoms with Crippen LogP contribution in [0.1, 0.15) is 52.9 Å². The van der Waals surface area contributed by atoms with Gasteiger partial charge in [0, 0.05) is 12.2 Å². The maximum absolute atomic E-state index is 10.6. The first-order valence-electron chi connectivity index (χ1n) is 5.74. The molecule has 0 fully saturated rings. The standard InChI is InChI=1S/C12H23NO2/c1-4-5-6-7-8-9-13-11(3)10(2)12(14)15/h13H,4-9H2,1-3H3,(H,14,15)/b11-10+. The van der Waals surface area contributed by atoms with Crippen molar-refractivity contribution in [1.29, 1.82) is 0 Å². The molecule has 0 unspecified atom stereocenters. The number of nitrogens with one attached hydrogen (secondary N) is 1. The zero-order valence-electron chi connectivity index (χ0n) is 10.1. The molecule has 0 radical (unpaired) electrons. The minimum Gasteiger partial charge on any atom is -0.478 e. The summed E-state index contributed by atoms with van der Waals surface area (Å²) in [5.74, 6) is -0.842. The third-order valence-corrected chi connectivity index (χ3v) is 2.55. The zero-order valence-corrected chi connectivity index (χ0v) is 10.1. The van der Waals surface area contributed by atoms with Crippen molar-refractivity contribution < 1.29 is 9.90 Å².